The van der Waals surface area contributed by atoms with Crippen LogP contribution in [0.2, 0.25) is 0 Å². The molecule has 0 atom stereocenters. The van der Waals surface area contributed by atoms with Crippen LogP contribution in [0.1, 0.15) is 12.0 Å². The van der Waals surface area contributed by atoms with Gasteiger partial charge in [-0.2, -0.15) is 5.26 Å². The average molecular weight is 253 g/mol. The predicted molar refractivity (Wildman–Crippen MR) is 62.8 cm³/mol. The predicted octanol–water partition coefficient (Wildman–Crippen LogP) is 2.78. The molecule has 0 amide bonds. The van der Waals surface area contributed by atoms with E-state index in [1.807, 2.05) is 31.3 Å². The molecule has 1 rings (SSSR count). The van der Waals surface area contributed by atoms with E-state index in [0.717, 1.165) is 24.0 Å². The summed E-state index contributed by atoms with van der Waals surface area (Å²) in [4.78, 5) is 2.15. The van der Waals surface area contributed by atoms with Crippen LogP contribution in [0.4, 0.5) is 5.69 Å². The highest BCUT2D eigenvalue weighted by Crippen LogP contribution is 2.14. The molecule has 0 radical (unpaired) electrons. The summed E-state index contributed by atoms with van der Waals surface area (Å²) in [6.07, 6.45) is 1.10. The fourth-order valence-electron chi connectivity index (χ4n) is 1.24. The molecular weight excluding hydrogens is 240 g/mol. The first-order chi connectivity index (χ1) is 6.77. The highest BCUT2D eigenvalue weighted by Gasteiger charge is 2.00. The van der Waals surface area contributed by atoms with Gasteiger partial charge in [0, 0.05) is 24.6 Å². The molecule has 0 bridgehead atoms. The molecule has 0 heterocycles. The maximum absolute atomic E-state index is 8.74. The zero-order chi connectivity index (χ0) is 10.4. The van der Waals surface area contributed by atoms with Gasteiger partial charge in [-0.3, -0.25) is 0 Å². The van der Waals surface area contributed by atoms with E-state index >= 15 is 0 Å². The number of nitriles is 1. The van der Waals surface area contributed by atoms with Gasteiger partial charge in [-0.05, 0) is 24.6 Å². The Bertz CT molecular complexity index is 330. The van der Waals surface area contributed by atoms with Crippen molar-refractivity contribution < 1.29 is 0 Å². The van der Waals surface area contributed by atoms with Gasteiger partial charge in [0.05, 0.1) is 11.6 Å². The highest BCUT2D eigenvalue weighted by atomic mass is 79.9. The van der Waals surface area contributed by atoms with Gasteiger partial charge in [-0.15, -0.1) is 0 Å². The maximum Gasteiger partial charge on any atom is 0.0992 e. The molecule has 74 valence electrons. The Balaban J connectivity index is 2.70. The van der Waals surface area contributed by atoms with Crippen molar-refractivity contribution in [2.24, 2.45) is 0 Å². The molecule has 0 unspecified atom stereocenters. The van der Waals surface area contributed by atoms with Crippen LogP contribution in [0.5, 0.6) is 0 Å². The van der Waals surface area contributed by atoms with E-state index in [9.17, 15) is 0 Å². The second-order valence-corrected chi connectivity index (χ2v) is 3.92. The fourth-order valence-corrected chi connectivity index (χ4v) is 1.49. The van der Waals surface area contributed by atoms with Crippen molar-refractivity contribution in [2.75, 3.05) is 23.8 Å². The van der Waals surface area contributed by atoms with Crippen molar-refractivity contribution >= 4 is 21.6 Å². The molecule has 0 aliphatic carbocycles. The lowest BCUT2D eigenvalue weighted by Crippen LogP contribution is -2.18. The molecule has 0 aliphatic rings. The lowest BCUT2D eigenvalue weighted by Gasteiger charge is -2.18. The van der Waals surface area contributed by atoms with Gasteiger partial charge in [0.1, 0.15) is 0 Å². The number of alkyl halides is 1. The SMILES string of the molecule is CN(CCCBr)c1cccc(C#N)c1. The molecule has 0 aromatic heterocycles. The highest BCUT2D eigenvalue weighted by molar-refractivity contribution is 9.09. The molecule has 3 heteroatoms. The molecule has 0 N–H and O–H groups in total. The van der Waals surface area contributed by atoms with Crippen molar-refractivity contribution in [3.8, 4) is 6.07 Å². The Labute approximate surface area is 93.3 Å². The Kier molecular flexibility index (Phi) is 4.48. The van der Waals surface area contributed by atoms with Gasteiger partial charge in [0.25, 0.3) is 0 Å². The van der Waals surface area contributed by atoms with Crippen LogP contribution < -0.4 is 4.90 Å². The standard InChI is InChI=1S/C11H13BrN2/c1-14(7-3-6-12)11-5-2-4-10(8-11)9-13/h2,4-5,8H,3,6-7H2,1H3. The zero-order valence-electron chi connectivity index (χ0n) is 8.20. The molecule has 0 saturated heterocycles. The summed E-state index contributed by atoms with van der Waals surface area (Å²) in [6.45, 7) is 1.00. The van der Waals surface area contributed by atoms with Gasteiger partial charge < -0.3 is 4.90 Å². The number of rotatable bonds is 4. The first kappa shape index (κ1) is 11.1. The van der Waals surface area contributed by atoms with Crippen LogP contribution >= 0.6 is 15.9 Å². The number of nitrogens with zero attached hydrogens (tertiary/aromatic N) is 2. The molecule has 1 aromatic carbocycles. The van der Waals surface area contributed by atoms with Crippen LogP contribution in [-0.4, -0.2) is 18.9 Å². The van der Waals surface area contributed by atoms with E-state index in [1.165, 1.54) is 0 Å². The summed E-state index contributed by atoms with van der Waals surface area (Å²) in [6, 6.07) is 9.81. The van der Waals surface area contributed by atoms with E-state index in [4.69, 9.17) is 5.26 Å². The van der Waals surface area contributed by atoms with Gasteiger partial charge in [0.2, 0.25) is 0 Å². The summed E-state index contributed by atoms with van der Waals surface area (Å²) in [7, 11) is 2.04. The van der Waals surface area contributed by atoms with Crippen molar-refractivity contribution in [3.63, 3.8) is 0 Å². The van der Waals surface area contributed by atoms with Gasteiger partial charge in [-0.1, -0.05) is 22.0 Å². The molecular formula is C11H13BrN2. The smallest absolute Gasteiger partial charge is 0.0992 e. The van der Waals surface area contributed by atoms with E-state index in [0.29, 0.717) is 5.56 Å². The summed E-state index contributed by atoms with van der Waals surface area (Å²) >= 11 is 3.40. The molecule has 0 fully saturated rings. The largest absolute Gasteiger partial charge is 0.375 e. The van der Waals surface area contributed by atoms with Crippen LogP contribution in [0.3, 0.4) is 0 Å². The van der Waals surface area contributed by atoms with Crippen LogP contribution in [-0.2, 0) is 0 Å². The second kappa shape index (κ2) is 5.66. The van der Waals surface area contributed by atoms with E-state index < -0.39 is 0 Å². The summed E-state index contributed by atoms with van der Waals surface area (Å²) in [5.74, 6) is 0. The molecule has 0 saturated carbocycles. The summed E-state index contributed by atoms with van der Waals surface area (Å²) in [5, 5.41) is 9.75. The minimum absolute atomic E-state index is 0.716. The first-order valence-electron chi connectivity index (χ1n) is 4.55. The van der Waals surface area contributed by atoms with Crippen LogP contribution in [0.25, 0.3) is 0 Å². The average Bonchev–Trinajstić information content (AvgIpc) is 2.26. The van der Waals surface area contributed by atoms with E-state index in [2.05, 4.69) is 26.9 Å². The van der Waals surface area contributed by atoms with Gasteiger partial charge in [-0.25, -0.2) is 0 Å². The van der Waals surface area contributed by atoms with Crippen molar-refractivity contribution in [1.82, 2.24) is 0 Å². The van der Waals surface area contributed by atoms with Crippen molar-refractivity contribution in [2.45, 2.75) is 6.42 Å². The fraction of sp³-hybridized carbons (Fsp3) is 0.364. The monoisotopic (exact) mass is 252 g/mol. The summed E-state index contributed by atoms with van der Waals surface area (Å²) < 4.78 is 0. The molecule has 0 aliphatic heterocycles. The van der Waals surface area contributed by atoms with E-state index in [-0.39, 0.29) is 0 Å². The van der Waals surface area contributed by atoms with Crippen LogP contribution in [0.15, 0.2) is 24.3 Å². The number of benzene rings is 1. The number of anilines is 1. The van der Waals surface area contributed by atoms with Crippen molar-refractivity contribution in [3.05, 3.63) is 29.8 Å². The number of halogens is 1. The third kappa shape index (κ3) is 3.04. The van der Waals surface area contributed by atoms with Crippen LogP contribution in [0, 0.1) is 11.3 Å². The minimum atomic E-state index is 0.716. The normalized spacial score (nSPS) is 9.50. The lowest BCUT2D eigenvalue weighted by molar-refractivity contribution is 0.863. The molecule has 1 aromatic rings. The zero-order valence-corrected chi connectivity index (χ0v) is 9.79. The Hall–Kier alpha value is -1.01. The Morgan fingerprint density at radius 2 is 2.29 bits per heavy atom. The number of hydrogen-bond acceptors (Lipinski definition) is 2. The summed E-state index contributed by atoms with van der Waals surface area (Å²) in [5.41, 5.74) is 1.82. The lowest BCUT2D eigenvalue weighted by atomic mass is 10.2. The Morgan fingerprint density at radius 3 is 2.93 bits per heavy atom. The molecule has 0 spiro atoms. The topological polar surface area (TPSA) is 27.0 Å². The number of hydrogen-bond donors (Lipinski definition) is 0. The Morgan fingerprint density at radius 1 is 1.50 bits per heavy atom. The van der Waals surface area contributed by atoms with Crippen molar-refractivity contribution in [1.29, 1.82) is 5.26 Å². The van der Waals surface area contributed by atoms with Gasteiger partial charge >= 0.3 is 0 Å². The van der Waals surface area contributed by atoms with Gasteiger partial charge in [0.15, 0.2) is 0 Å². The third-order valence-electron chi connectivity index (χ3n) is 2.04. The third-order valence-corrected chi connectivity index (χ3v) is 2.60. The maximum atomic E-state index is 8.74. The minimum Gasteiger partial charge on any atom is -0.375 e. The van der Waals surface area contributed by atoms with E-state index in [1.54, 1.807) is 0 Å². The quantitative estimate of drug-likeness (QED) is 0.771. The molecule has 14 heavy (non-hydrogen) atoms. The first-order valence-corrected chi connectivity index (χ1v) is 5.67. The second-order valence-electron chi connectivity index (χ2n) is 3.13. The molecule has 2 nitrogen and oxygen atoms in total.